The van der Waals surface area contributed by atoms with Crippen LogP contribution in [0.5, 0.6) is 0 Å². The van der Waals surface area contributed by atoms with Crippen LogP contribution >= 0.6 is 11.6 Å². The highest BCUT2D eigenvalue weighted by molar-refractivity contribution is 6.30. The molecule has 1 aromatic rings. The van der Waals surface area contributed by atoms with Crippen molar-refractivity contribution in [2.45, 2.75) is 45.7 Å². The van der Waals surface area contributed by atoms with E-state index in [-0.39, 0.29) is 17.4 Å². The van der Waals surface area contributed by atoms with E-state index in [1.807, 2.05) is 0 Å². The van der Waals surface area contributed by atoms with Crippen LogP contribution in [0.1, 0.15) is 33.3 Å². The van der Waals surface area contributed by atoms with Crippen LogP contribution in [0.15, 0.2) is 18.2 Å². The van der Waals surface area contributed by atoms with Gasteiger partial charge in [0.1, 0.15) is 5.82 Å². The lowest BCUT2D eigenvalue weighted by molar-refractivity contribution is 0.106. The number of rotatable bonds is 6. The summed E-state index contributed by atoms with van der Waals surface area (Å²) in [4.78, 5) is 2.29. The van der Waals surface area contributed by atoms with E-state index >= 15 is 0 Å². The number of hydrogen-bond donors (Lipinski definition) is 1. The van der Waals surface area contributed by atoms with Gasteiger partial charge in [0.15, 0.2) is 0 Å². The minimum atomic E-state index is -0.241. The fraction of sp³-hybridized carbons (Fsp3) is 0.600. The molecule has 0 spiro atoms. The molecule has 0 amide bonds. The third-order valence-corrected chi connectivity index (χ3v) is 4.17. The fourth-order valence-electron chi connectivity index (χ4n) is 2.46. The predicted molar refractivity (Wildman–Crippen MR) is 80.1 cm³/mol. The van der Waals surface area contributed by atoms with Crippen LogP contribution in [0.25, 0.3) is 0 Å². The molecular weight excluding hydrogens is 263 g/mol. The monoisotopic (exact) mass is 286 g/mol. The normalized spacial score (nSPS) is 13.9. The maximum absolute atomic E-state index is 13.8. The van der Waals surface area contributed by atoms with E-state index < -0.39 is 0 Å². The zero-order chi connectivity index (χ0) is 14.6. The smallest absolute Gasteiger partial charge is 0.126 e. The van der Waals surface area contributed by atoms with E-state index in [4.69, 9.17) is 17.3 Å². The molecular formula is C15H24ClFN2. The van der Waals surface area contributed by atoms with Crippen LogP contribution in [-0.2, 0) is 6.42 Å². The van der Waals surface area contributed by atoms with Crippen molar-refractivity contribution in [3.05, 3.63) is 34.6 Å². The first-order valence-electron chi connectivity index (χ1n) is 6.77. The number of nitrogens with two attached hydrogens (primary N) is 1. The molecule has 0 aliphatic rings. The van der Waals surface area contributed by atoms with E-state index in [1.165, 1.54) is 6.07 Å². The third-order valence-electron chi connectivity index (χ3n) is 3.93. The summed E-state index contributed by atoms with van der Waals surface area (Å²) >= 11 is 5.91. The molecule has 0 bridgehead atoms. The number of benzene rings is 1. The Kier molecular flexibility index (Phi) is 5.78. The van der Waals surface area contributed by atoms with Crippen molar-refractivity contribution in [1.29, 1.82) is 0 Å². The summed E-state index contributed by atoms with van der Waals surface area (Å²) < 4.78 is 13.8. The van der Waals surface area contributed by atoms with Crippen LogP contribution in [-0.4, -0.2) is 29.6 Å². The molecule has 1 atom stereocenters. The van der Waals surface area contributed by atoms with Gasteiger partial charge in [0, 0.05) is 16.6 Å². The SMILES string of the molecule is CCN(CC)C(C)(C)C(N)Cc1cc(Cl)ccc1F. The zero-order valence-electron chi connectivity index (χ0n) is 12.2. The molecule has 0 aliphatic carbocycles. The second kappa shape index (κ2) is 6.69. The van der Waals surface area contributed by atoms with Crippen molar-refractivity contribution in [3.8, 4) is 0 Å². The maximum atomic E-state index is 13.8. The second-order valence-electron chi connectivity index (χ2n) is 5.37. The largest absolute Gasteiger partial charge is 0.326 e. The van der Waals surface area contributed by atoms with Gasteiger partial charge >= 0.3 is 0 Å². The number of likely N-dealkylation sites (N-methyl/N-ethyl adjacent to an activating group) is 1. The average molecular weight is 287 g/mol. The average Bonchev–Trinajstić information content (AvgIpc) is 2.35. The minimum absolute atomic E-state index is 0.152. The molecule has 2 N–H and O–H groups in total. The van der Waals surface area contributed by atoms with Crippen LogP contribution in [0.2, 0.25) is 5.02 Å². The molecule has 0 aromatic heterocycles. The van der Waals surface area contributed by atoms with E-state index in [2.05, 4.69) is 32.6 Å². The maximum Gasteiger partial charge on any atom is 0.126 e. The van der Waals surface area contributed by atoms with Crippen molar-refractivity contribution in [3.63, 3.8) is 0 Å². The predicted octanol–water partition coefficient (Wildman–Crippen LogP) is 3.47. The van der Waals surface area contributed by atoms with E-state index in [9.17, 15) is 4.39 Å². The van der Waals surface area contributed by atoms with E-state index in [1.54, 1.807) is 12.1 Å². The van der Waals surface area contributed by atoms with Gasteiger partial charge in [-0.2, -0.15) is 0 Å². The van der Waals surface area contributed by atoms with Crippen LogP contribution in [0, 0.1) is 5.82 Å². The van der Waals surface area contributed by atoms with Crippen molar-refractivity contribution in [2.75, 3.05) is 13.1 Å². The first-order valence-corrected chi connectivity index (χ1v) is 7.15. The second-order valence-corrected chi connectivity index (χ2v) is 5.81. The molecule has 1 rings (SSSR count). The quantitative estimate of drug-likeness (QED) is 0.868. The van der Waals surface area contributed by atoms with Crippen LogP contribution in [0.4, 0.5) is 4.39 Å². The standard InChI is InChI=1S/C15H24ClFN2/c1-5-19(6-2)15(3,4)14(18)10-11-9-12(16)7-8-13(11)17/h7-9,14H,5-6,10,18H2,1-4H3. The topological polar surface area (TPSA) is 29.3 Å². The summed E-state index contributed by atoms with van der Waals surface area (Å²) in [7, 11) is 0. The molecule has 1 aromatic carbocycles. The van der Waals surface area contributed by atoms with Crippen molar-refractivity contribution < 1.29 is 4.39 Å². The lowest BCUT2D eigenvalue weighted by atomic mass is 9.88. The van der Waals surface area contributed by atoms with Gasteiger partial charge in [-0.15, -0.1) is 0 Å². The Morgan fingerprint density at radius 3 is 2.42 bits per heavy atom. The Hall–Kier alpha value is -0.640. The Labute approximate surface area is 120 Å². The molecule has 0 heterocycles. The third kappa shape index (κ3) is 3.91. The lowest BCUT2D eigenvalue weighted by Gasteiger charge is -2.42. The van der Waals surface area contributed by atoms with Crippen molar-refractivity contribution in [1.82, 2.24) is 4.90 Å². The molecule has 0 radical (unpaired) electrons. The summed E-state index contributed by atoms with van der Waals surface area (Å²) in [6, 6.07) is 4.46. The Bertz CT molecular complexity index is 417. The minimum Gasteiger partial charge on any atom is -0.326 e. The summed E-state index contributed by atoms with van der Waals surface area (Å²) in [5, 5.41) is 0.546. The molecule has 108 valence electrons. The number of hydrogen-bond acceptors (Lipinski definition) is 2. The van der Waals surface area contributed by atoms with Gasteiger partial charge in [0.05, 0.1) is 0 Å². The van der Waals surface area contributed by atoms with Gasteiger partial charge in [0.2, 0.25) is 0 Å². The van der Waals surface area contributed by atoms with Crippen LogP contribution in [0.3, 0.4) is 0 Å². The molecule has 1 unspecified atom stereocenters. The molecule has 0 aliphatic heterocycles. The molecule has 0 saturated heterocycles. The lowest BCUT2D eigenvalue weighted by Crippen LogP contribution is -2.56. The van der Waals surface area contributed by atoms with Gasteiger partial charge in [-0.1, -0.05) is 25.4 Å². The first-order chi connectivity index (χ1) is 8.82. The highest BCUT2D eigenvalue weighted by Crippen LogP contribution is 2.23. The Morgan fingerprint density at radius 1 is 1.32 bits per heavy atom. The van der Waals surface area contributed by atoms with Crippen LogP contribution < -0.4 is 5.73 Å². The number of halogens is 2. The summed E-state index contributed by atoms with van der Waals surface area (Å²) in [5.74, 6) is -0.241. The first kappa shape index (κ1) is 16.4. The van der Waals surface area contributed by atoms with E-state index in [0.29, 0.717) is 17.0 Å². The summed E-state index contributed by atoms with van der Waals surface area (Å²) in [5.41, 5.74) is 6.70. The van der Waals surface area contributed by atoms with Crippen molar-refractivity contribution in [2.24, 2.45) is 5.73 Å². The zero-order valence-corrected chi connectivity index (χ0v) is 13.0. The van der Waals surface area contributed by atoms with Crippen molar-refractivity contribution >= 4 is 11.6 Å². The summed E-state index contributed by atoms with van der Waals surface area (Å²) in [6.07, 6.45) is 0.482. The molecule has 19 heavy (non-hydrogen) atoms. The summed E-state index contributed by atoms with van der Waals surface area (Å²) in [6.45, 7) is 10.3. The molecule has 0 fully saturated rings. The van der Waals surface area contributed by atoms with Gasteiger partial charge in [-0.05, 0) is 57.1 Å². The molecule has 0 saturated carbocycles. The number of nitrogens with zero attached hydrogens (tertiary/aromatic N) is 1. The Morgan fingerprint density at radius 2 is 1.89 bits per heavy atom. The van der Waals surface area contributed by atoms with Gasteiger partial charge in [-0.3, -0.25) is 4.90 Å². The van der Waals surface area contributed by atoms with E-state index in [0.717, 1.165) is 13.1 Å². The van der Waals surface area contributed by atoms with Gasteiger partial charge in [0.25, 0.3) is 0 Å². The van der Waals surface area contributed by atoms with Gasteiger partial charge in [-0.25, -0.2) is 4.39 Å². The highest BCUT2D eigenvalue weighted by atomic mass is 35.5. The highest BCUT2D eigenvalue weighted by Gasteiger charge is 2.31. The molecule has 4 heteroatoms. The van der Waals surface area contributed by atoms with Gasteiger partial charge < -0.3 is 5.73 Å². The molecule has 2 nitrogen and oxygen atoms in total. The fourth-order valence-corrected chi connectivity index (χ4v) is 2.65. The Balaban J connectivity index is 2.89.